The van der Waals surface area contributed by atoms with E-state index in [0.717, 1.165) is 25.1 Å². The molecule has 0 fully saturated rings. The fraction of sp³-hybridized carbons (Fsp3) is 0.407. The molecular formula is C27H32N2O5. The van der Waals surface area contributed by atoms with Crippen LogP contribution in [0.2, 0.25) is 0 Å². The SMILES string of the molecule is CCCOc1ccc([C@@H]2c3c(oc4ccccc4c3=O)C(=O)N2CCN(CC)CC)cc1OC. The Hall–Kier alpha value is -3.32. The van der Waals surface area contributed by atoms with Crippen molar-refractivity contribution in [3.63, 3.8) is 0 Å². The highest BCUT2D eigenvalue weighted by Crippen LogP contribution is 2.40. The van der Waals surface area contributed by atoms with Crippen LogP contribution in [0.1, 0.15) is 54.9 Å². The first-order valence-electron chi connectivity index (χ1n) is 11.9. The molecule has 7 nitrogen and oxygen atoms in total. The molecule has 1 aromatic heterocycles. The number of nitrogens with zero attached hydrogens (tertiary/aromatic N) is 2. The summed E-state index contributed by atoms with van der Waals surface area (Å²) in [5.74, 6) is 1.07. The highest BCUT2D eigenvalue weighted by molar-refractivity contribution is 5.99. The van der Waals surface area contributed by atoms with Crippen LogP contribution in [0.25, 0.3) is 11.0 Å². The van der Waals surface area contributed by atoms with Crippen LogP contribution in [0.3, 0.4) is 0 Å². The van der Waals surface area contributed by atoms with Crippen molar-refractivity contribution in [2.45, 2.75) is 33.2 Å². The second-order valence-electron chi connectivity index (χ2n) is 8.36. The number of ether oxygens (including phenoxy) is 2. The van der Waals surface area contributed by atoms with Gasteiger partial charge in [0.05, 0.1) is 30.7 Å². The maximum absolute atomic E-state index is 13.6. The van der Waals surface area contributed by atoms with E-state index >= 15 is 0 Å². The summed E-state index contributed by atoms with van der Waals surface area (Å²) in [6, 6.07) is 12.1. The Morgan fingerprint density at radius 1 is 1.03 bits per heavy atom. The summed E-state index contributed by atoms with van der Waals surface area (Å²) in [5, 5.41) is 0.472. The van der Waals surface area contributed by atoms with Gasteiger partial charge in [0.1, 0.15) is 5.58 Å². The van der Waals surface area contributed by atoms with Crippen LogP contribution in [0.15, 0.2) is 51.7 Å². The number of carbonyl (C=O) groups excluding carboxylic acids is 1. The van der Waals surface area contributed by atoms with Crippen molar-refractivity contribution in [3.8, 4) is 11.5 Å². The zero-order valence-corrected chi connectivity index (χ0v) is 20.3. The Morgan fingerprint density at radius 2 is 1.79 bits per heavy atom. The van der Waals surface area contributed by atoms with Crippen molar-refractivity contribution in [2.75, 3.05) is 39.9 Å². The van der Waals surface area contributed by atoms with Gasteiger partial charge in [-0.05, 0) is 49.3 Å². The largest absolute Gasteiger partial charge is 0.493 e. The third kappa shape index (κ3) is 4.28. The van der Waals surface area contributed by atoms with Gasteiger partial charge in [0, 0.05) is 13.1 Å². The summed E-state index contributed by atoms with van der Waals surface area (Å²) in [6.45, 7) is 9.75. The minimum Gasteiger partial charge on any atom is -0.493 e. The van der Waals surface area contributed by atoms with Gasteiger partial charge in [-0.1, -0.05) is 39.0 Å². The van der Waals surface area contributed by atoms with E-state index in [9.17, 15) is 9.59 Å². The van der Waals surface area contributed by atoms with Crippen molar-refractivity contribution in [1.82, 2.24) is 9.80 Å². The van der Waals surface area contributed by atoms with Gasteiger partial charge in [-0.15, -0.1) is 0 Å². The lowest BCUT2D eigenvalue weighted by Crippen LogP contribution is -2.37. The van der Waals surface area contributed by atoms with E-state index in [4.69, 9.17) is 13.9 Å². The first kappa shape index (κ1) is 23.8. The van der Waals surface area contributed by atoms with Crippen LogP contribution in [-0.2, 0) is 0 Å². The molecule has 2 aromatic carbocycles. The lowest BCUT2D eigenvalue weighted by molar-refractivity contribution is 0.0708. The van der Waals surface area contributed by atoms with Gasteiger partial charge in [-0.3, -0.25) is 9.59 Å². The topological polar surface area (TPSA) is 72.2 Å². The molecule has 0 radical (unpaired) electrons. The molecule has 2 heterocycles. The third-order valence-corrected chi connectivity index (χ3v) is 6.39. The summed E-state index contributed by atoms with van der Waals surface area (Å²) < 4.78 is 17.4. The van der Waals surface area contributed by atoms with E-state index in [1.54, 1.807) is 36.3 Å². The summed E-state index contributed by atoms with van der Waals surface area (Å²) in [5.41, 5.74) is 1.41. The van der Waals surface area contributed by atoms with Crippen LogP contribution < -0.4 is 14.9 Å². The number of para-hydroxylation sites is 1. The number of fused-ring (bicyclic) bond motifs is 2. The lowest BCUT2D eigenvalue weighted by atomic mass is 9.98. The Morgan fingerprint density at radius 3 is 2.50 bits per heavy atom. The maximum Gasteiger partial charge on any atom is 0.290 e. The number of hydrogen-bond acceptors (Lipinski definition) is 6. The van der Waals surface area contributed by atoms with Crippen molar-refractivity contribution in [1.29, 1.82) is 0 Å². The molecular weight excluding hydrogens is 432 g/mol. The molecule has 0 unspecified atom stereocenters. The van der Waals surface area contributed by atoms with Gasteiger partial charge in [-0.2, -0.15) is 0 Å². The molecule has 1 atom stereocenters. The van der Waals surface area contributed by atoms with Gasteiger partial charge < -0.3 is 23.7 Å². The summed E-state index contributed by atoms with van der Waals surface area (Å²) in [6.07, 6.45) is 0.878. The molecule has 4 rings (SSSR count). The van der Waals surface area contributed by atoms with Crippen LogP contribution in [0, 0.1) is 0 Å². The van der Waals surface area contributed by atoms with Crippen LogP contribution in [0.5, 0.6) is 11.5 Å². The minimum absolute atomic E-state index is 0.124. The Bertz CT molecular complexity index is 1230. The normalized spacial score (nSPS) is 15.3. The predicted molar refractivity (Wildman–Crippen MR) is 132 cm³/mol. The monoisotopic (exact) mass is 464 g/mol. The maximum atomic E-state index is 13.6. The number of hydrogen-bond donors (Lipinski definition) is 0. The van der Waals surface area contributed by atoms with Crippen molar-refractivity contribution in [3.05, 3.63) is 69.6 Å². The fourth-order valence-electron chi connectivity index (χ4n) is 4.52. The van der Waals surface area contributed by atoms with E-state index in [2.05, 4.69) is 18.7 Å². The molecule has 0 aliphatic carbocycles. The molecule has 0 saturated carbocycles. The summed E-state index contributed by atoms with van der Waals surface area (Å²) in [4.78, 5) is 31.1. The van der Waals surface area contributed by atoms with Gasteiger partial charge in [0.25, 0.3) is 5.91 Å². The van der Waals surface area contributed by atoms with Crippen LogP contribution in [-0.4, -0.2) is 55.6 Å². The number of likely N-dealkylation sites (N-methyl/N-ethyl adjacent to an activating group) is 1. The van der Waals surface area contributed by atoms with E-state index in [0.29, 0.717) is 47.7 Å². The molecule has 0 N–H and O–H groups in total. The Kier molecular flexibility index (Phi) is 7.22. The van der Waals surface area contributed by atoms with Crippen molar-refractivity contribution in [2.24, 2.45) is 0 Å². The molecule has 7 heteroatoms. The Labute approximate surface area is 199 Å². The zero-order chi connectivity index (χ0) is 24.2. The highest BCUT2D eigenvalue weighted by atomic mass is 16.5. The van der Waals surface area contributed by atoms with Gasteiger partial charge >= 0.3 is 0 Å². The predicted octanol–water partition coefficient (Wildman–Crippen LogP) is 4.48. The van der Waals surface area contributed by atoms with E-state index < -0.39 is 6.04 Å². The molecule has 0 saturated heterocycles. The van der Waals surface area contributed by atoms with Crippen molar-refractivity contribution < 1.29 is 18.7 Å². The molecule has 0 bridgehead atoms. The molecule has 1 aliphatic rings. The number of methoxy groups -OCH3 is 1. The fourth-order valence-corrected chi connectivity index (χ4v) is 4.52. The van der Waals surface area contributed by atoms with Crippen molar-refractivity contribution >= 4 is 16.9 Å². The molecule has 180 valence electrons. The average molecular weight is 465 g/mol. The first-order chi connectivity index (χ1) is 16.5. The minimum atomic E-state index is -0.562. The number of carbonyl (C=O) groups is 1. The quantitative estimate of drug-likeness (QED) is 0.441. The lowest BCUT2D eigenvalue weighted by Gasteiger charge is -2.28. The molecule has 3 aromatic rings. The summed E-state index contributed by atoms with van der Waals surface area (Å²) >= 11 is 0. The van der Waals surface area contributed by atoms with E-state index in [1.807, 2.05) is 25.1 Å². The molecule has 0 spiro atoms. The second-order valence-corrected chi connectivity index (χ2v) is 8.36. The number of amides is 1. The Balaban J connectivity index is 1.84. The van der Waals surface area contributed by atoms with E-state index in [-0.39, 0.29) is 17.1 Å². The summed E-state index contributed by atoms with van der Waals surface area (Å²) in [7, 11) is 1.59. The zero-order valence-electron chi connectivity index (χ0n) is 20.3. The molecule has 1 amide bonds. The standard InChI is InChI=1S/C27H32N2O5/c1-5-16-33-21-13-12-18(17-22(21)32-4)24-23-25(30)19-10-8-9-11-20(19)34-26(23)27(31)29(24)15-14-28(6-2)7-3/h8-13,17,24H,5-7,14-16H2,1-4H3/t24-/m1/s1. The number of rotatable bonds is 10. The van der Waals surface area contributed by atoms with Gasteiger partial charge in [0.2, 0.25) is 5.76 Å². The smallest absolute Gasteiger partial charge is 0.290 e. The molecule has 1 aliphatic heterocycles. The molecule has 34 heavy (non-hydrogen) atoms. The van der Waals surface area contributed by atoms with Gasteiger partial charge in [-0.25, -0.2) is 0 Å². The van der Waals surface area contributed by atoms with E-state index in [1.165, 1.54) is 0 Å². The average Bonchev–Trinajstić information content (AvgIpc) is 3.15. The highest BCUT2D eigenvalue weighted by Gasteiger charge is 2.42. The van der Waals surface area contributed by atoms with Crippen LogP contribution >= 0.6 is 0 Å². The second kappa shape index (κ2) is 10.3. The van der Waals surface area contributed by atoms with Crippen LogP contribution in [0.4, 0.5) is 0 Å². The number of benzene rings is 2. The third-order valence-electron chi connectivity index (χ3n) is 6.39. The van der Waals surface area contributed by atoms with Gasteiger partial charge in [0.15, 0.2) is 16.9 Å². The first-order valence-corrected chi connectivity index (χ1v) is 11.9.